The van der Waals surface area contributed by atoms with Crippen molar-refractivity contribution in [2.45, 2.75) is 19.5 Å². The van der Waals surface area contributed by atoms with Crippen molar-refractivity contribution >= 4 is 22.5 Å². The third kappa shape index (κ3) is 5.04. The molecule has 0 saturated carbocycles. The van der Waals surface area contributed by atoms with Gasteiger partial charge < -0.3 is 19.7 Å². The molecule has 4 aromatic rings. The average molecular weight is 466 g/mol. The second-order valence-corrected chi connectivity index (χ2v) is 8.33. The lowest BCUT2D eigenvalue weighted by Crippen LogP contribution is -3.11. The predicted octanol–water partition coefficient (Wildman–Crippen LogP) is 2.00. The van der Waals surface area contributed by atoms with E-state index in [1.807, 2.05) is 31.2 Å². The molecule has 4 heterocycles. The molecule has 2 atom stereocenters. The molecule has 0 spiro atoms. The largest absolute Gasteiger partial charge is 0.486 e. The molecule has 0 aliphatic carbocycles. The smallest absolute Gasteiger partial charge is 0.222 e. The van der Waals surface area contributed by atoms with Crippen LogP contribution in [-0.4, -0.2) is 62.4 Å². The van der Waals surface area contributed by atoms with Crippen LogP contribution >= 0.6 is 0 Å². The molecule has 5 rings (SSSR count). The molecule has 176 valence electrons. The molecule has 1 unspecified atom stereocenters. The van der Waals surface area contributed by atoms with Crippen LogP contribution < -0.4 is 19.7 Å². The number of aromatic nitrogens is 6. The van der Waals surface area contributed by atoms with Crippen LogP contribution in [0.5, 0.6) is 17.4 Å². The van der Waals surface area contributed by atoms with E-state index >= 15 is 0 Å². The molecule has 1 fully saturated rings. The first-order valence-electron chi connectivity index (χ1n) is 11.2. The molecule has 0 bridgehead atoms. The van der Waals surface area contributed by atoms with Gasteiger partial charge in [-0.2, -0.15) is 9.90 Å². The minimum Gasteiger partial charge on any atom is -0.486 e. The topological polar surface area (TPSA) is 104 Å². The third-order valence-electron chi connectivity index (χ3n) is 5.72. The molecule has 10 nitrogen and oxygen atoms in total. The number of quaternary nitrogens is 1. The fraction of sp³-hybridized carbons (Fsp3) is 0.348. The zero-order valence-corrected chi connectivity index (χ0v) is 19.0. The number of halogens is 1. The number of nitrogens with one attached hydrogen (secondary N) is 2. The van der Waals surface area contributed by atoms with E-state index < -0.39 is 6.17 Å². The van der Waals surface area contributed by atoms with Crippen molar-refractivity contribution in [3.05, 3.63) is 48.5 Å². The first kappa shape index (κ1) is 22.0. The van der Waals surface area contributed by atoms with E-state index in [0.717, 1.165) is 29.6 Å². The van der Waals surface area contributed by atoms with Crippen LogP contribution in [0.4, 0.5) is 16.0 Å². The lowest BCUT2D eigenvalue weighted by Gasteiger charge is -2.14. The van der Waals surface area contributed by atoms with Gasteiger partial charge in [0.1, 0.15) is 43.3 Å². The van der Waals surface area contributed by atoms with Gasteiger partial charge in [0, 0.05) is 24.4 Å². The van der Waals surface area contributed by atoms with Crippen molar-refractivity contribution in [3.63, 3.8) is 0 Å². The Morgan fingerprint density at radius 3 is 2.85 bits per heavy atom. The minimum atomic E-state index is -0.684. The maximum absolute atomic E-state index is 13.3. The summed E-state index contributed by atoms with van der Waals surface area (Å²) in [6.45, 7) is 4.65. The number of anilines is 2. The van der Waals surface area contributed by atoms with Gasteiger partial charge in [-0.25, -0.2) is 19.3 Å². The van der Waals surface area contributed by atoms with Crippen molar-refractivity contribution in [3.8, 4) is 17.4 Å². The number of likely N-dealkylation sites (tertiary alicyclic amines) is 1. The summed E-state index contributed by atoms with van der Waals surface area (Å²) in [5.41, 5.74) is 1.61. The van der Waals surface area contributed by atoms with E-state index in [9.17, 15) is 4.39 Å². The molecular formula is C23H26FN8O2+. The number of fused-ring (bicyclic) bond motifs is 1. The summed E-state index contributed by atoms with van der Waals surface area (Å²) >= 11 is 0. The number of hydrogen-bond donors (Lipinski definition) is 2. The third-order valence-corrected chi connectivity index (χ3v) is 5.72. The van der Waals surface area contributed by atoms with Crippen LogP contribution in [0.25, 0.3) is 10.9 Å². The van der Waals surface area contributed by atoms with Gasteiger partial charge in [-0.05, 0) is 31.2 Å². The Labute approximate surface area is 195 Å². The number of hydrogen-bond acceptors (Lipinski definition) is 8. The summed E-state index contributed by atoms with van der Waals surface area (Å²) in [6.07, 6.45) is 4.71. The summed E-state index contributed by atoms with van der Waals surface area (Å²) in [7, 11) is 1.75. The minimum absolute atomic E-state index is 0.484. The Hall–Kier alpha value is -3.86. The first-order chi connectivity index (χ1) is 16.5. The Balaban J connectivity index is 1.27. The van der Waals surface area contributed by atoms with Crippen molar-refractivity contribution < 1.29 is 18.8 Å². The van der Waals surface area contributed by atoms with Gasteiger partial charge in [0.05, 0.1) is 24.5 Å². The van der Waals surface area contributed by atoms with Gasteiger partial charge in [-0.3, -0.25) is 0 Å². The number of nitrogens with zero attached hydrogens (tertiary/aromatic N) is 6. The fourth-order valence-corrected chi connectivity index (χ4v) is 3.98. The maximum Gasteiger partial charge on any atom is 0.222 e. The van der Waals surface area contributed by atoms with Crippen LogP contribution in [0.3, 0.4) is 0 Å². The van der Waals surface area contributed by atoms with Crippen LogP contribution in [0.2, 0.25) is 0 Å². The highest BCUT2D eigenvalue weighted by molar-refractivity contribution is 5.91. The zero-order valence-electron chi connectivity index (χ0n) is 19.0. The highest BCUT2D eigenvalue weighted by Gasteiger charge is 2.25. The monoisotopic (exact) mass is 465 g/mol. The number of pyridine rings is 1. The molecular weight excluding hydrogens is 439 g/mol. The number of benzene rings is 1. The number of alkyl halides is 1. The van der Waals surface area contributed by atoms with Crippen LogP contribution in [0, 0.1) is 6.92 Å². The second kappa shape index (κ2) is 9.56. The van der Waals surface area contributed by atoms with Gasteiger partial charge >= 0.3 is 0 Å². The van der Waals surface area contributed by atoms with Crippen molar-refractivity contribution in [2.75, 3.05) is 31.6 Å². The number of aryl methyl sites for hydroxylation is 2. The standard InChI is InChI=1S/C23H25FN8O2/c1-15-9-18(33-8-7-32-6-5-16(24)13-32)11-25-23(15)34-17-3-4-20-19(10-17)22(27-14-26-20)29-21-12-28-31(2)30-21/h3-4,9-12,14,16H,5-8,13H2,1-2H3,(H,26,27,29,30)/p+1/t16-/m1/s1. The Bertz CT molecular complexity index is 1300. The first-order valence-corrected chi connectivity index (χ1v) is 11.2. The van der Waals surface area contributed by atoms with E-state index in [1.54, 1.807) is 19.4 Å². The van der Waals surface area contributed by atoms with E-state index in [0.29, 0.717) is 48.6 Å². The van der Waals surface area contributed by atoms with Crippen molar-refractivity contribution in [2.24, 2.45) is 7.05 Å². The molecule has 0 amide bonds. The summed E-state index contributed by atoms with van der Waals surface area (Å²) in [6, 6.07) is 7.45. The predicted molar refractivity (Wildman–Crippen MR) is 123 cm³/mol. The molecule has 1 aromatic carbocycles. The van der Waals surface area contributed by atoms with Gasteiger partial charge in [0.2, 0.25) is 5.88 Å². The average Bonchev–Trinajstić information content (AvgIpc) is 3.43. The van der Waals surface area contributed by atoms with Crippen LogP contribution in [0.15, 0.2) is 43.0 Å². The van der Waals surface area contributed by atoms with Crippen LogP contribution in [0.1, 0.15) is 12.0 Å². The molecule has 1 saturated heterocycles. The zero-order chi connectivity index (χ0) is 23.5. The molecule has 1 aliphatic heterocycles. The molecule has 34 heavy (non-hydrogen) atoms. The number of ether oxygens (including phenoxy) is 2. The van der Waals surface area contributed by atoms with Gasteiger partial charge in [-0.1, -0.05) is 0 Å². The van der Waals surface area contributed by atoms with Crippen molar-refractivity contribution in [1.29, 1.82) is 0 Å². The summed E-state index contributed by atoms with van der Waals surface area (Å²) in [4.78, 5) is 15.8. The van der Waals surface area contributed by atoms with Gasteiger partial charge in [0.15, 0.2) is 12.0 Å². The molecule has 3 aromatic heterocycles. The maximum atomic E-state index is 13.3. The van der Waals surface area contributed by atoms with E-state index in [4.69, 9.17) is 9.47 Å². The van der Waals surface area contributed by atoms with E-state index in [-0.39, 0.29) is 0 Å². The summed E-state index contributed by atoms with van der Waals surface area (Å²) in [5, 5.41) is 12.2. The van der Waals surface area contributed by atoms with Crippen molar-refractivity contribution in [1.82, 2.24) is 29.9 Å². The van der Waals surface area contributed by atoms with E-state index in [2.05, 4.69) is 30.5 Å². The van der Waals surface area contributed by atoms with Gasteiger partial charge in [0.25, 0.3) is 0 Å². The Morgan fingerprint density at radius 2 is 2.09 bits per heavy atom. The quantitative estimate of drug-likeness (QED) is 0.407. The Morgan fingerprint density at radius 1 is 1.18 bits per heavy atom. The lowest BCUT2D eigenvalue weighted by atomic mass is 10.2. The van der Waals surface area contributed by atoms with E-state index in [1.165, 1.54) is 16.0 Å². The molecule has 11 heteroatoms. The summed E-state index contributed by atoms with van der Waals surface area (Å²) in [5.74, 6) is 2.94. The van der Waals surface area contributed by atoms with Crippen LogP contribution in [-0.2, 0) is 7.05 Å². The molecule has 1 aliphatic rings. The highest BCUT2D eigenvalue weighted by Crippen LogP contribution is 2.30. The molecule has 2 N–H and O–H groups in total. The Kier molecular flexibility index (Phi) is 6.17. The number of rotatable bonds is 8. The molecule has 0 radical (unpaired) electrons. The SMILES string of the molecule is Cc1cc(OCC[NH+]2CC[C@@H](F)C2)cnc1Oc1ccc2ncnc(Nc3cnn(C)n3)c2c1. The fourth-order valence-electron chi connectivity index (χ4n) is 3.98. The second-order valence-electron chi connectivity index (χ2n) is 8.33. The normalized spacial score (nSPS) is 17.7. The lowest BCUT2D eigenvalue weighted by molar-refractivity contribution is -0.888. The highest BCUT2D eigenvalue weighted by atomic mass is 19.1. The summed E-state index contributed by atoms with van der Waals surface area (Å²) < 4.78 is 25.2. The van der Waals surface area contributed by atoms with Gasteiger partial charge in [-0.15, -0.1) is 5.10 Å².